The smallest absolute Gasteiger partial charge is 0.447 e. The van der Waals surface area contributed by atoms with Crippen LogP contribution in [0, 0.1) is 0 Å². The molecule has 39 heavy (non-hydrogen) atoms. The number of carbonyl (C=O) groups excluding carboxylic acids is 1. The number of amides is 1. The molecule has 0 spiro atoms. The summed E-state index contributed by atoms with van der Waals surface area (Å²) in [6.07, 6.45) is -10.7. The summed E-state index contributed by atoms with van der Waals surface area (Å²) in [7, 11) is 1.41. The number of hydrogen-bond acceptors (Lipinski definition) is 5. The van der Waals surface area contributed by atoms with Crippen LogP contribution in [0.5, 0.6) is 11.5 Å². The van der Waals surface area contributed by atoms with E-state index in [0.29, 0.717) is 5.56 Å². The summed E-state index contributed by atoms with van der Waals surface area (Å²) in [5.74, 6) is -1.08. The van der Waals surface area contributed by atoms with Gasteiger partial charge in [0, 0.05) is 19.1 Å². The molecule has 3 rings (SSSR count). The zero-order valence-corrected chi connectivity index (χ0v) is 20.6. The van der Waals surface area contributed by atoms with E-state index in [2.05, 4.69) is 14.8 Å². The highest BCUT2D eigenvalue weighted by atomic mass is 19.4. The molecule has 0 atom stereocenters. The summed E-state index contributed by atoms with van der Waals surface area (Å²) in [5, 5.41) is 2.59. The van der Waals surface area contributed by atoms with E-state index in [-0.39, 0.29) is 37.3 Å². The second kappa shape index (κ2) is 12.7. The van der Waals surface area contributed by atoms with Crippen LogP contribution in [-0.4, -0.2) is 45.7 Å². The van der Waals surface area contributed by atoms with Gasteiger partial charge in [-0.15, -0.1) is 26.3 Å². The lowest BCUT2D eigenvalue weighted by Gasteiger charge is -2.36. The van der Waals surface area contributed by atoms with Crippen molar-refractivity contribution in [3.8, 4) is 11.5 Å². The maximum atomic E-state index is 13.0. The normalized spacial score (nSPS) is 12.1. The van der Waals surface area contributed by atoms with Gasteiger partial charge >= 0.3 is 18.8 Å². The molecule has 1 N–H and O–H groups in total. The number of carbonyl (C=O) groups is 1. The van der Waals surface area contributed by atoms with Crippen LogP contribution in [-0.2, 0) is 21.3 Å². The Morgan fingerprint density at radius 2 is 1.28 bits per heavy atom. The Morgan fingerprint density at radius 1 is 0.744 bits per heavy atom. The molecular formula is C27H25F6NO5. The highest BCUT2D eigenvalue weighted by Gasteiger charge is 2.38. The van der Waals surface area contributed by atoms with Crippen LogP contribution in [0.15, 0.2) is 78.9 Å². The van der Waals surface area contributed by atoms with Crippen LogP contribution in [0.25, 0.3) is 0 Å². The molecule has 0 aliphatic heterocycles. The van der Waals surface area contributed by atoms with Gasteiger partial charge in [-0.2, -0.15) is 0 Å². The van der Waals surface area contributed by atoms with Crippen molar-refractivity contribution in [1.29, 1.82) is 0 Å². The molecule has 1 amide bonds. The minimum absolute atomic E-state index is 0.0666. The molecule has 0 aliphatic rings. The zero-order valence-electron chi connectivity index (χ0n) is 20.6. The number of halogens is 6. The van der Waals surface area contributed by atoms with E-state index in [1.165, 1.54) is 31.4 Å². The summed E-state index contributed by atoms with van der Waals surface area (Å²) in [6, 6.07) is 18.8. The molecular weight excluding hydrogens is 532 g/mol. The summed E-state index contributed by atoms with van der Waals surface area (Å²) in [5.41, 5.74) is -0.238. The van der Waals surface area contributed by atoms with E-state index < -0.39 is 35.7 Å². The Labute approximate surface area is 220 Å². The number of rotatable bonds is 11. The Kier molecular flexibility index (Phi) is 9.68. The van der Waals surface area contributed by atoms with E-state index in [9.17, 15) is 31.1 Å². The van der Waals surface area contributed by atoms with Gasteiger partial charge in [-0.25, -0.2) is 4.79 Å². The van der Waals surface area contributed by atoms with Gasteiger partial charge in [0.1, 0.15) is 18.1 Å². The fourth-order valence-electron chi connectivity index (χ4n) is 4.06. The number of hydrogen-bond donors (Lipinski definition) is 1. The molecule has 0 bridgehead atoms. The molecule has 0 unspecified atom stereocenters. The Bertz CT molecular complexity index is 1160. The lowest BCUT2D eigenvalue weighted by Crippen LogP contribution is -2.44. The fraction of sp³-hybridized carbons (Fsp3) is 0.296. The van der Waals surface area contributed by atoms with Gasteiger partial charge in [0.05, 0.1) is 6.61 Å². The zero-order chi connectivity index (χ0) is 28.5. The van der Waals surface area contributed by atoms with Gasteiger partial charge in [0.25, 0.3) is 0 Å². The lowest BCUT2D eigenvalue weighted by atomic mass is 9.70. The number of alkyl carbamates (subject to hydrolysis) is 1. The molecule has 0 saturated carbocycles. The van der Waals surface area contributed by atoms with Crippen molar-refractivity contribution in [3.05, 3.63) is 95.6 Å². The van der Waals surface area contributed by atoms with Gasteiger partial charge < -0.3 is 24.3 Å². The second-order valence-electron chi connectivity index (χ2n) is 8.38. The Balaban J connectivity index is 2.16. The first-order valence-electron chi connectivity index (χ1n) is 11.6. The first-order valence-corrected chi connectivity index (χ1v) is 11.6. The summed E-state index contributed by atoms with van der Waals surface area (Å²) < 4.78 is 96.2. The van der Waals surface area contributed by atoms with Gasteiger partial charge in [0.15, 0.2) is 0 Å². The number of ether oxygens (including phenoxy) is 4. The molecule has 12 heteroatoms. The predicted octanol–water partition coefficient (Wildman–Crippen LogP) is 6.39. The van der Waals surface area contributed by atoms with Crippen molar-refractivity contribution in [3.63, 3.8) is 0 Å². The van der Waals surface area contributed by atoms with Crippen molar-refractivity contribution >= 4 is 6.09 Å². The number of alkyl halides is 6. The van der Waals surface area contributed by atoms with Gasteiger partial charge in [-0.1, -0.05) is 54.6 Å². The molecule has 0 aliphatic carbocycles. The molecule has 3 aromatic carbocycles. The van der Waals surface area contributed by atoms with Gasteiger partial charge in [-0.3, -0.25) is 0 Å². The largest absolute Gasteiger partial charge is 0.573 e. The monoisotopic (exact) mass is 557 g/mol. The SMILES string of the molecule is COCCOC(=O)NCC(Cc1ccccc1)(c1cccc(OC(F)(F)F)c1)c1cccc(OC(F)(F)F)c1. The van der Waals surface area contributed by atoms with E-state index in [0.717, 1.165) is 24.3 Å². The minimum atomic E-state index is -4.98. The summed E-state index contributed by atoms with van der Waals surface area (Å²) in [4.78, 5) is 12.5. The highest BCUT2D eigenvalue weighted by Crippen LogP contribution is 2.39. The van der Waals surface area contributed by atoms with Crippen LogP contribution in [0.4, 0.5) is 31.1 Å². The predicted molar refractivity (Wildman–Crippen MR) is 128 cm³/mol. The minimum Gasteiger partial charge on any atom is -0.447 e. The molecule has 6 nitrogen and oxygen atoms in total. The van der Waals surface area contributed by atoms with Crippen LogP contribution in [0.3, 0.4) is 0 Å². The van der Waals surface area contributed by atoms with Crippen molar-refractivity contribution < 1.29 is 50.1 Å². The third-order valence-corrected chi connectivity index (χ3v) is 5.64. The topological polar surface area (TPSA) is 66.0 Å². The third-order valence-electron chi connectivity index (χ3n) is 5.64. The number of benzene rings is 3. The van der Waals surface area contributed by atoms with E-state index in [4.69, 9.17) is 9.47 Å². The van der Waals surface area contributed by atoms with Gasteiger partial charge in [-0.05, 0) is 47.4 Å². The maximum Gasteiger partial charge on any atom is 0.573 e. The van der Waals surface area contributed by atoms with Gasteiger partial charge in [0.2, 0.25) is 0 Å². The highest BCUT2D eigenvalue weighted by molar-refractivity contribution is 5.67. The second-order valence-corrected chi connectivity index (χ2v) is 8.38. The third kappa shape index (κ3) is 9.10. The van der Waals surface area contributed by atoms with Crippen molar-refractivity contribution in [2.24, 2.45) is 0 Å². The maximum absolute atomic E-state index is 13.0. The molecule has 0 radical (unpaired) electrons. The average Bonchev–Trinajstić information content (AvgIpc) is 2.85. The van der Waals surface area contributed by atoms with Crippen LogP contribution in [0.1, 0.15) is 16.7 Å². The van der Waals surface area contributed by atoms with Crippen LogP contribution in [0.2, 0.25) is 0 Å². The summed E-state index contributed by atoms with van der Waals surface area (Å²) in [6.45, 7) is -0.216. The number of nitrogens with one attached hydrogen (secondary N) is 1. The van der Waals surface area contributed by atoms with Crippen molar-refractivity contribution in [2.75, 3.05) is 26.9 Å². The van der Waals surface area contributed by atoms with E-state index in [1.807, 2.05) is 0 Å². The van der Waals surface area contributed by atoms with Crippen LogP contribution < -0.4 is 14.8 Å². The van der Waals surface area contributed by atoms with Crippen molar-refractivity contribution in [2.45, 2.75) is 24.6 Å². The van der Waals surface area contributed by atoms with E-state index >= 15 is 0 Å². The Morgan fingerprint density at radius 3 is 1.77 bits per heavy atom. The Hall–Kier alpha value is -3.93. The molecule has 0 aromatic heterocycles. The first-order chi connectivity index (χ1) is 18.4. The lowest BCUT2D eigenvalue weighted by molar-refractivity contribution is -0.275. The molecule has 210 valence electrons. The average molecular weight is 557 g/mol. The quantitative estimate of drug-likeness (QED) is 0.219. The molecule has 0 heterocycles. The standard InChI is InChI=1S/C27H25F6NO5/c1-36-13-14-37-24(35)34-18-25(17-19-7-3-2-4-8-19,20-9-5-11-22(15-20)38-26(28,29)30)21-10-6-12-23(16-21)39-27(31,32)33/h2-12,15-16H,13-14,17-18H2,1H3,(H,34,35). The van der Waals surface area contributed by atoms with Crippen molar-refractivity contribution in [1.82, 2.24) is 5.32 Å². The summed E-state index contributed by atoms with van der Waals surface area (Å²) >= 11 is 0. The number of methoxy groups -OCH3 is 1. The molecule has 0 fully saturated rings. The first kappa shape index (κ1) is 29.6. The van der Waals surface area contributed by atoms with Crippen LogP contribution >= 0.6 is 0 Å². The molecule has 0 saturated heterocycles. The van der Waals surface area contributed by atoms with E-state index in [1.54, 1.807) is 30.3 Å². The molecule has 3 aromatic rings. The fourth-order valence-corrected chi connectivity index (χ4v) is 4.06.